The zero-order chi connectivity index (χ0) is 16.1. The molecule has 2 aliphatic rings. The van der Waals surface area contributed by atoms with Crippen molar-refractivity contribution < 1.29 is 0 Å². The summed E-state index contributed by atoms with van der Waals surface area (Å²) < 4.78 is 0. The molecule has 1 aromatic heterocycles. The van der Waals surface area contributed by atoms with Crippen molar-refractivity contribution in [1.82, 2.24) is 20.1 Å². The van der Waals surface area contributed by atoms with Gasteiger partial charge in [0.05, 0.1) is 12.2 Å². The predicted molar refractivity (Wildman–Crippen MR) is 110 cm³/mol. The number of aromatic nitrogens is 1. The Morgan fingerprint density at radius 2 is 2.12 bits per heavy atom. The van der Waals surface area contributed by atoms with Crippen LogP contribution in [0.1, 0.15) is 37.4 Å². The number of aliphatic imine (C=N–C) groups is 1. The minimum absolute atomic E-state index is 0. The van der Waals surface area contributed by atoms with Crippen LogP contribution in [0.4, 0.5) is 0 Å². The normalized spacial score (nSPS) is 21.8. The van der Waals surface area contributed by atoms with Gasteiger partial charge in [-0.25, -0.2) is 4.99 Å². The van der Waals surface area contributed by atoms with E-state index in [2.05, 4.69) is 40.0 Å². The van der Waals surface area contributed by atoms with E-state index < -0.39 is 0 Å². The van der Waals surface area contributed by atoms with E-state index in [0.717, 1.165) is 31.3 Å². The molecule has 0 bridgehead atoms. The molecule has 3 rings (SSSR count). The molecule has 0 radical (unpaired) electrons. The number of nitrogens with zero attached hydrogens (tertiary/aromatic N) is 4. The molecule has 3 heterocycles. The lowest BCUT2D eigenvalue weighted by Crippen LogP contribution is -2.42. The van der Waals surface area contributed by atoms with Gasteiger partial charge >= 0.3 is 0 Å². The van der Waals surface area contributed by atoms with Crippen LogP contribution in [0.5, 0.6) is 0 Å². The fourth-order valence-corrected chi connectivity index (χ4v) is 3.60. The first-order valence-electron chi connectivity index (χ1n) is 8.95. The quantitative estimate of drug-likeness (QED) is 0.442. The number of guanidine groups is 1. The number of hydrogen-bond donors (Lipinski definition) is 1. The first-order valence-corrected chi connectivity index (χ1v) is 8.95. The molecule has 2 aliphatic heterocycles. The summed E-state index contributed by atoms with van der Waals surface area (Å²) in [6, 6.07) is 4.79. The Labute approximate surface area is 162 Å². The van der Waals surface area contributed by atoms with Crippen LogP contribution >= 0.6 is 24.0 Å². The van der Waals surface area contributed by atoms with Gasteiger partial charge in [0.15, 0.2) is 5.96 Å². The van der Waals surface area contributed by atoms with Crippen molar-refractivity contribution in [1.29, 1.82) is 0 Å². The van der Waals surface area contributed by atoms with Crippen LogP contribution < -0.4 is 5.32 Å². The Kier molecular flexibility index (Phi) is 7.74. The number of pyridine rings is 1. The zero-order valence-electron chi connectivity index (χ0n) is 14.9. The van der Waals surface area contributed by atoms with Crippen molar-refractivity contribution in [3.05, 3.63) is 29.6 Å². The average molecular weight is 443 g/mol. The Morgan fingerprint density at radius 3 is 2.83 bits per heavy atom. The highest BCUT2D eigenvalue weighted by atomic mass is 127. The number of hydrogen-bond acceptors (Lipinski definition) is 3. The molecule has 1 atom stereocenters. The molecule has 2 fully saturated rings. The summed E-state index contributed by atoms with van der Waals surface area (Å²) in [6.07, 6.45) is 5.84. The van der Waals surface area contributed by atoms with E-state index in [1.54, 1.807) is 0 Å². The summed E-state index contributed by atoms with van der Waals surface area (Å²) in [5, 5.41) is 3.46. The van der Waals surface area contributed by atoms with Gasteiger partial charge in [-0.2, -0.15) is 0 Å². The second kappa shape index (κ2) is 9.56. The molecule has 0 spiro atoms. The Bertz CT molecular complexity index is 542. The van der Waals surface area contributed by atoms with E-state index in [0.29, 0.717) is 12.6 Å². The van der Waals surface area contributed by atoms with Crippen LogP contribution in [0.2, 0.25) is 0 Å². The van der Waals surface area contributed by atoms with Crippen LogP contribution in [0.15, 0.2) is 23.3 Å². The van der Waals surface area contributed by atoms with Crippen LogP contribution in [0, 0.1) is 6.92 Å². The van der Waals surface area contributed by atoms with E-state index in [9.17, 15) is 0 Å². The molecule has 1 unspecified atom stereocenters. The highest BCUT2D eigenvalue weighted by Gasteiger charge is 2.30. The van der Waals surface area contributed by atoms with Crippen molar-refractivity contribution in [2.75, 3.05) is 32.7 Å². The molecular weight excluding hydrogens is 413 g/mol. The SMILES string of the molecule is CCNC(=NCc1ncccc1C)N1CCC(N2CCCC2)C1.I. The number of likely N-dealkylation sites (tertiary alicyclic amines) is 2. The zero-order valence-corrected chi connectivity index (χ0v) is 17.2. The molecule has 24 heavy (non-hydrogen) atoms. The molecule has 0 aromatic carbocycles. The second-order valence-electron chi connectivity index (χ2n) is 6.57. The minimum atomic E-state index is 0. The maximum atomic E-state index is 4.84. The molecule has 0 saturated carbocycles. The fraction of sp³-hybridized carbons (Fsp3) is 0.667. The summed E-state index contributed by atoms with van der Waals surface area (Å²) in [4.78, 5) is 14.4. The third kappa shape index (κ3) is 4.81. The fourth-order valence-electron chi connectivity index (χ4n) is 3.60. The van der Waals surface area contributed by atoms with E-state index >= 15 is 0 Å². The smallest absolute Gasteiger partial charge is 0.194 e. The minimum Gasteiger partial charge on any atom is -0.357 e. The molecule has 2 saturated heterocycles. The summed E-state index contributed by atoms with van der Waals surface area (Å²) in [5.74, 6) is 1.04. The molecule has 0 amide bonds. The van der Waals surface area contributed by atoms with Crippen molar-refractivity contribution >= 4 is 29.9 Å². The van der Waals surface area contributed by atoms with Crippen molar-refractivity contribution in [2.45, 2.75) is 45.7 Å². The number of rotatable bonds is 4. The van der Waals surface area contributed by atoms with Crippen LogP contribution in [-0.4, -0.2) is 59.5 Å². The lowest BCUT2D eigenvalue weighted by atomic mass is 10.2. The first-order chi connectivity index (χ1) is 11.3. The maximum absolute atomic E-state index is 4.84. The number of nitrogens with one attached hydrogen (secondary N) is 1. The van der Waals surface area contributed by atoms with E-state index in [1.165, 1.54) is 37.9 Å². The molecule has 1 aromatic rings. The lowest BCUT2D eigenvalue weighted by molar-refractivity contribution is 0.249. The third-order valence-electron chi connectivity index (χ3n) is 4.95. The van der Waals surface area contributed by atoms with Crippen LogP contribution in [0.3, 0.4) is 0 Å². The average Bonchev–Trinajstić information content (AvgIpc) is 3.23. The molecule has 134 valence electrons. The second-order valence-corrected chi connectivity index (χ2v) is 6.57. The summed E-state index contributed by atoms with van der Waals surface area (Å²) >= 11 is 0. The maximum Gasteiger partial charge on any atom is 0.194 e. The van der Waals surface area contributed by atoms with Crippen LogP contribution in [0.25, 0.3) is 0 Å². The highest BCUT2D eigenvalue weighted by Crippen LogP contribution is 2.20. The third-order valence-corrected chi connectivity index (χ3v) is 4.95. The van der Waals surface area contributed by atoms with Gasteiger partial charge in [0.1, 0.15) is 0 Å². The summed E-state index contributed by atoms with van der Waals surface area (Å²) in [6.45, 7) is 10.6. The Balaban J connectivity index is 0.00000208. The van der Waals surface area contributed by atoms with Gasteiger partial charge < -0.3 is 10.2 Å². The Hall–Kier alpha value is -0.890. The van der Waals surface area contributed by atoms with Gasteiger partial charge in [-0.05, 0) is 57.8 Å². The van der Waals surface area contributed by atoms with Crippen molar-refractivity contribution in [3.8, 4) is 0 Å². The van der Waals surface area contributed by atoms with E-state index in [-0.39, 0.29) is 24.0 Å². The summed E-state index contributed by atoms with van der Waals surface area (Å²) in [5.41, 5.74) is 2.28. The monoisotopic (exact) mass is 443 g/mol. The van der Waals surface area contributed by atoms with E-state index in [4.69, 9.17) is 4.99 Å². The van der Waals surface area contributed by atoms with Crippen LogP contribution in [-0.2, 0) is 6.54 Å². The lowest BCUT2D eigenvalue weighted by Gasteiger charge is -2.25. The highest BCUT2D eigenvalue weighted by molar-refractivity contribution is 14.0. The molecule has 0 aliphatic carbocycles. The van der Waals surface area contributed by atoms with Gasteiger partial charge in [0.2, 0.25) is 0 Å². The molecular formula is C18H30IN5. The van der Waals surface area contributed by atoms with Gasteiger partial charge in [-0.1, -0.05) is 6.07 Å². The Morgan fingerprint density at radius 1 is 1.33 bits per heavy atom. The number of aryl methyl sites for hydroxylation is 1. The summed E-state index contributed by atoms with van der Waals surface area (Å²) in [7, 11) is 0. The van der Waals surface area contributed by atoms with Gasteiger partial charge in [-0.3, -0.25) is 9.88 Å². The molecule has 6 heteroatoms. The number of halogens is 1. The van der Waals surface area contributed by atoms with Gasteiger partial charge in [0.25, 0.3) is 0 Å². The van der Waals surface area contributed by atoms with Gasteiger partial charge in [0, 0.05) is 31.9 Å². The van der Waals surface area contributed by atoms with Crippen molar-refractivity contribution in [2.24, 2.45) is 4.99 Å². The first kappa shape index (κ1) is 19.4. The largest absolute Gasteiger partial charge is 0.357 e. The van der Waals surface area contributed by atoms with E-state index in [1.807, 2.05) is 12.3 Å². The predicted octanol–water partition coefficient (Wildman–Crippen LogP) is 2.64. The standard InChI is InChI=1S/C18H29N5.HI/c1-3-19-18(21-13-17-15(2)7-6-9-20-17)23-12-8-16(14-23)22-10-4-5-11-22;/h6-7,9,16H,3-5,8,10-14H2,1-2H3,(H,19,21);1H. The molecule has 1 N–H and O–H groups in total. The molecule has 5 nitrogen and oxygen atoms in total. The van der Waals surface area contributed by atoms with Gasteiger partial charge in [-0.15, -0.1) is 24.0 Å². The topological polar surface area (TPSA) is 43.8 Å². The van der Waals surface area contributed by atoms with Crippen molar-refractivity contribution in [3.63, 3.8) is 0 Å².